The number of methoxy groups -OCH3 is 1. The summed E-state index contributed by atoms with van der Waals surface area (Å²) >= 11 is 0. The lowest BCUT2D eigenvalue weighted by atomic mass is 10.2. The highest BCUT2D eigenvalue weighted by Gasteiger charge is 2.18. The maximum atomic E-state index is 13.4. The standard InChI is InChI=1S/C10H12F2N2O/c1-15-7-4-13-9-3-6(11)2-8(12)10(9)14-5-7/h2-3,7,13-14H,4-5H2,1H3. The van der Waals surface area contributed by atoms with E-state index in [0.717, 1.165) is 6.07 Å². The lowest BCUT2D eigenvalue weighted by molar-refractivity contribution is 0.124. The number of fused-ring (bicyclic) bond motifs is 1. The molecule has 0 spiro atoms. The van der Waals surface area contributed by atoms with Gasteiger partial charge < -0.3 is 15.4 Å². The van der Waals surface area contributed by atoms with E-state index in [1.165, 1.54) is 6.07 Å². The molecular weight excluding hydrogens is 202 g/mol. The van der Waals surface area contributed by atoms with Crippen molar-refractivity contribution in [1.29, 1.82) is 0 Å². The molecule has 2 rings (SSSR count). The normalized spacial score (nSPS) is 19.8. The Hall–Kier alpha value is -1.36. The average Bonchev–Trinajstić information content (AvgIpc) is 2.40. The van der Waals surface area contributed by atoms with Crippen LogP contribution in [0.1, 0.15) is 0 Å². The highest BCUT2D eigenvalue weighted by molar-refractivity contribution is 5.70. The Morgan fingerprint density at radius 1 is 1.27 bits per heavy atom. The molecule has 1 aliphatic rings. The van der Waals surface area contributed by atoms with Gasteiger partial charge in [0, 0.05) is 26.3 Å². The van der Waals surface area contributed by atoms with Crippen molar-refractivity contribution in [2.24, 2.45) is 0 Å². The molecule has 82 valence electrons. The van der Waals surface area contributed by atoms with E-state index in [2.05, 4.69) is 10.6 Å². The van der Waals surface area contributed by atoms with Gasteiger partial charge in [-0.25, -0.2) is 8.78 Å². The third kappa shape index (κ3) is 2.02. The van der Waals surface area contributed by atoms with Crippen LogP contribution >= 0.6 is 0 Å². The van der Waals surface area contributed by atoms with E-state index in [1.54, 1.807) is 7.11 Å². The molecule has 0 amide bonds. The number of ether oxygens (including phenoxy) is 1. The molecule has 0 radical (unpaired) electrons. The van der Waals surface area contributed by atoms with Crippen LogP contribution in [-0.4, -0.2) is 26.3 Å². The Morgan fingerprint density at radius 2 is 2.00 bits per heavy atom. The largest absolute Gasteiger partial charge is 0.381 e. The lowest BCUT2D eigenvalue weighted by Crippen LogP contribution is -2.26. The summed E-state index contributed by atoms with van der Waals surface area (Å²) in [7, 11) is 1.58. The van der Waals surface area contributed by atoms with Crippen molar-refractivity contribution in [3.05, 3.63) is 23.8 Å². The van der Waals surface area contributed by atoms with Crippen LogP contribution in [0.2, 0.25) is 0 Å². The molecule has 5 heteroatoms. The molecule has 1 aromatic rings. The number of nitrogens with one attached hydrogen (secondary N) is 2. The van der Waals surface area contributed by atoms with E-state index in [9.17, 15) is 8.78 Å². The molecule has 0 saturated carbocycles. The van der Waals surface area contributed by atoms with Gasteiger partial charge >= 0.3 is 0 Å². The van der Waals surface area contributed by atoms with Crippen molar-refractivity contribution in [2.75, 3.05) is 30.8 Å². The van der Waals surface area contributed by atoms with Crippen LogP contribution in [0.4, 0.5) is 20.2 Å². The molecule has 2 N–H and O–H groups in total. The van der Waals surface area contributed by atoms with E-state index in [-0.39, 0.29) is 6.10 Å². The van der Waals surface area contributed by atoms with Crippen molar-refractivity contribution in [3.63, 3.8) is 0 Å². The summed E-state index contributed by atoms with van der Waals surface area (Å²) in [5.41, 5.74) is 0.739. The average molecular weight is 214 g/mol. The zero-order chi connectivity index (χ0) is 10.8. The predicted octanol–water partition coefficient (Wildman–Crippen LogP) is 1.82. The molecule has 1 atom stereocenters. The summed E-state index contributed by atoms with van der Waals surface area (Å²) in [6, 6.07) is 2.13. The van der Waals surface area contributed by atoms with Crippen LogP contribution in [0.3, 0.4) is 0 Å². The molecule has 1 aromatic carbocycles. The summed E-state index contributed by atoms with van der Waals surface area (Å²) in [5, 5.41) is 5.83. The number of benzene rings is 1. The second-order valence-corrected chi connectivity index (χ2v) is 3.43. The molecule has 1 unspecified atom stereocenters. The van der Waals surface area contributed by atoms with Gasteiger partial charge in [0.2, 0.25) is 0 Å². The Morgan fingerprint density at radius 3 is 2.73 bits per heavy atom. The molecule has 1 heterocycles. The lowest BCUT2D eigenvalue weighted by Gasteiger charge is -2.11. The number of hydrogen-bond donors (Lipinski definition) is 2. The van der Waals surface area contributed by atoms with Crippen molar-refractivity contribution < 1.29 is 13.5 Å². The van der Waals surface area contributed by atoms with Gasteiger partial charge in [-0.15, -0.1) is 0 Å². The molecule has 0 saturated heterocycles. The number of rotatable bonds is 1. The number of halogens is 2. The molecule has 1 aliphatic heterocycles. The molecule has 15 heavy (non-hydrogen) atoms. The van der Waals surface area contributed by atoms with Crippen LogP contribution in [-0.2, 0) is 4.74 Å². The SMILES string of the molecule is COC1CNc2cc(F)cc(F)c2NC1. The fraction of sp³-hybridized carbons (Fsp3) is 0.400. The van der Waals surface area contributed by atoms with Crippen molar-refractivity contribution in [2.45, 2.75) is 6.10 Å². The van der Waals surface area contributed by atoms with Crippen molar-refractivity contribution in [3.8, 4) is 0 Å². The van der Waals surface area contributed by atoms with E-state index in [1.807, 2.05) is 0 Å². The Kier molecular flexibility index (Phi) is 2.73. The van der Waals surface area contributed by atoms with Gasteiger partial charge in [-0.2, -0.15) is 0 Å². The maximum absolute atomic E-state index is 13.4. The summed E-state index contributed by atoms with van der Waals surface area (Å²) in [4.78, 5) is 0. The highest BCUT2D eigenvalue weighted by Crippen LogP contribution is 2.28. The smallest absolute Gasteiger partial charge is 0.151 e. The number of hydrogen-bond acceptors (Lipinski definition) is 3. The predicted molar refractivity (Wildman–Crippen MR) is 54.1 cm³/mol. The van der Waals surface area contributed by atoms with Gasteiger partial charge in [0.15, 0.2) is 5.82 Å². The Balaban J connectivity index is 2.31. The molecule has 0 fully saturated rings. The maximum Gasteiger partial charge on any atom is 0.151 e. The highest BCUT2D eigenvalue weighted by atomic mass is 19.1. The first-order valence-electron chi connectivity index (χ1n) is 4.70. The minimum absolute atomic E-state index is 0.0557. The van der Waals surface area contributed by atoms with Crippen LogP contribution in [0.15, 0.2) is 12.1 Å². The van der Waals surface area contributed by atoms with Crippen LogP contribution < -0.4 is 10.6 Å². The summed E-state index contributed by atoms with van der Waals surface area (Å²) in [6.45, 7) is 1.03. The summed E-state index contributed by atoms with van der Waals surface area (Å²) < 4.78 is 31.4. The number of anilines is 2. The van der Waals surface area contributed by atoms with Gasteiger partial charge in [0.05, 0.1) is 17.5 Å². The van der Waals surface area contributed by atoms with Crippen molar-refractivity contribution >= 4 is 11.4 Å². The van der Waals surface area contributed by atoms with Crippen LogP contribution in [0.5, 0.6) is 0 Å². The summed E-state index contributed by atoms with van der Waals surface area (Å²) in [6.07, 6.45) is -0.0557. The first kappa shape index (κ1) is 10.2. The molecular formula is C10H12F2N2O. The van der Waals surface area contributed by atoms with Gasteiger partial charge in [-0.3, -0.25) is 0 Å². The first-order valence-corrected chi connectivity index (χ1v) is 4.70. The van der Waals surface area contributed by atoms with E-state index < -0.39 is 11.6 Å². The molecule has 3 nitrogen and oxygen atoms in total. The van der Waals surface area contributed by atoms with E-state index in [0.29, 0.717) is 24.5 Å². The third-order valence-corrected chi connectivity index (χ3v) is 2.42. The molecule has 0 bridgehead atoms. The van der Waals surface area contributed by atoms with Gasteiger partial charge in [-0.1, -0.05) is 0 Å². The monoisotopic (exact) mass is 214 g/mol. The van der Waals surface area contributed by atoms with Gasteiger partial charge in [-0.05, 0) is 6.07 Å². The van der Waals surface area contributed by atoms with Crippen molar-refractivity contribution in [1.82, 2.24) is 0 Å². The Bertz CT molecular complexity index is 371. The van der Waals surface area contributed by atoms with E-state index in [4.69, 9.17) is 4.74 Å². The van der Waals surface area contributed by atoms with Gasteiger partial charge in [0.1, 0.15) is 5.82 Å². The quantitative estimate of drug-likeness (QED) is 0.748. The second-order valence-electron chi connectivity index (χ2n) is 3.43. The third-order valence-electron chi connectivity index (χ3n) is 2.42. The fourth-order valence-corrected chi connectivity index (χ4v) is 1.57. The minimum Gasteiger partial charge on any atom is -0.381 e. The van der Waals surface area contributed by atoms with E-state index >= 15 is 0 Å². The minimum atomic E-state index is -0.589. The second kappa shape index (κ2) is 4.02. The molecule has 0 aliphatic carbocycles. The topological polar surface area (TPSA) is 33.3 Å². The molecule has 0 aromatic heterocycles. The zero-order valence-electron chi connectivity index (χ0n) is 8.31. The van der Waals surface area contributed by atoms with Gasteiger partial charge in [0.25, 0.3) is 0 Å². The summed E-state index contributed by atoms with van der Waals surface area (Å²) in [5.74, 6) is -1.18. The Labute approximate surface area is 86.4 Å². The zero-order valence-corrected chi connectivity index (χ0v) is 8.31. The van der Waals surface area contributed by atoms with Crippen LogP contribution in [0.25, 0.3) is 0 Å². The van der Waals surface area contributed by atoms with Crippen LogP contribution in [0, 0.1) is 11.6 Å². The first-order chi connectivity index (χ1) is 7.20. The fourth-order valence-electron chi connectivity index (χ4n) is 1.57.